The number of anilines is 1. The van der Waals surface area contributed by atoms with E-state index in [-0.39, 0.29) is 11.7 Å². The monoisotopic (exact) mass is 389 g/mol. The van der Waals surface area contributed by atoms with Crippen molar-refractivity contribution in [3.05, 3.63) is 60.4 Å². The number of allylic oxidation sites excluding steroid dienone is 1. The van der Waals surface area contributed by atoms with Crippen molar-refractivity contribution in [1.82, 2.24) is 4.98 Å². The van der Waals surface area contributed by atoms with Crippen LogP contribution in [0, 0.1) is 5.92 Å². The number of nitrogens with one attached hydrogen (secondary N) is 1. The van der Waals surface area contributed by atoms with Gasteiger partial charge in [-0.3, -0.25) is 9.79 Å². The number of alkyl halides is 2. The molecule has 0 aliphatic carbocycles. The molecular formula is C19H17F2N3O2S. The smallest absolute Gasteiger partial charge is 0.387 e. The van der Waals surface area contributed by atoms with Crippen LogP contribution in [-0.2, 0) is 0 Å². The number of halogens is 2. The molecule has 1 aromatic heterocycles. The van der Waals surface area contributed by atoms with Crippen molar-refractivity contribution >= 4 is 29.6 Å². The molecule has 2 heterocycles. The minimum atomic E-state index is -2.88. The van der Waals surface area contributed by atoms with Gasteiger partial charge in [-0.1, -0.05) is 6.08 Å². The maximum absolute atomic E-state index is 12.6. The minimum absolute atomic E-state index is 0.0321. The third-order valence-corrected chi connectivity index (χ3v) is 4.94. The van der Waals surface area contributed by atoms with Gasteiger partial charge in [-0.25, -0.2) is 4.98 Å². The topological polar surface area (TPSA) is 63.6 Å². The second-order valence-electron chi connectivity index (χ2n) is 5.69. The predicted molar refractivity (Wildman–Crippen MR) is 102 cm³/mol. The molecule has 5 nitrogen and oxygen atoms in total. The third-order valence-electron chi connectivity index (χ3n) is 3.75. The number of nitrogens with zero attached hydrogens (tertiary/aromatic N) is 2. The molecule has 8 heteroatoms. The number of thioether (sulfide) groups is 1. The minimum Gasteiger partial charge on any atom is -0.435 e. The summed E-state index contributed by atoms with van der Waals surface area (Å²) in [6.07, 6.45) is 8.21. The fourth-order valence-electron chi connectivity index (χ4n) is 2.41. The Hall–Kier alpha value is -2.74. The predicted octanol–water partition coefficient (Wildman–Crippen LogP) is 4.63. The van der Waals surface area contributed by atoms with Crippen molar-refractivity contribution in [2.45, 2.75) is 18.1 Å². The van der Waals surface area contributed by atoms with Gasteiger partial charge in [0.05, 0.1) is 5.56 Å². The lowest BCUT2D eigenvalue weighted by Gasteiger charge is -2.13. The van der Waals surface area contributed by atoms with Gasteiger partial charge in [-0.15, -0.1) is 11.8 Å². The number of amides is 1. The van der Waals surface area contributed by atoms with Gasteiger partial charge in [-0.2, -0.15) is 8.78 Å². The van der Waals surface area contributed by atoms with Gasteiger partial charge in [0.2, 0.25) is 0 Å². The SMILES string of the molecule is O=C(Nc1ccc(OC(F)F)cc1)c1cccnc1SCC1C=CN=CC1. The van der Waals surface area contributed by atoms with Gasteiger partial charge in [0.1, 0.15) is 10.8 Å². The maximum atomic E-state index is 12.6. The number of pyridine rings is 1. The molecule has 0 saturated heterocycles. The lowest BCUT2D eigenvalue weighted by Crippen LogP contribution is -2.14. The summed E-state index contributed by atoms with van der Waals surface area (Å²) in [7, 11) is 0. The molecule has 140 valence electrons. The van der Waals surface area contributed by atoms with E-state index in [1.807, 2.05) is 12.3 Å². The van der Waals surface area contributed by atoms with E-state index in [4.69, 9.17) is 0 Å². The Kier molecular flexibility index (Phi) is 6.54. The molecule has 1 amide bonds. The summed E-state index contributed by atoms with van der Waals surface area (Å²) in [6.45, 7) is -2.88. The first-order valence-corrected chi connectivity index (χ1v) is 9.23. The van der Waals surface area contributed by atoms with E-state index in [0.717, 1.165) is 12.2 Å². The lowest BCUT2D eigenvalue weighted by molar-refractivity contribution is -0.0498. The van der Waals surface area contributed by atoms with E-state index in [2.05, 4.69) is 20.0 Å². The van der Waals surface area contributed by atoms with Crippen molar-refractivity contribution in [2.24, 2.45) is 10.9 Å². The molecule has 1 aromatic carbocycles. The molecule has 2 aromatic rings. The molecule has 0 bridgehead atoms. The molecule has 1 unspecified atom stereocenters. The molecule has 1 aliphatic rings. The number of carbonyl (C=O) groups is 1. The van der Waals surface area contributed by atoms with Crippen molar-refractivity contribution in [1.29, 1.82) is 0 Å². The summed E-state index contributed by atoms with van der Waals surface area (Å²) >= 11 is 1.51. The normalized spacial score (nSPS) is 15.7. The van der Waals surface area contributed by atoms with Crippen LogP contribution in [0.3, 0.4) is 0 Å². The lowest BCUT2D eigenvalue weighted by atomic mass is 10.1. The van der Waals surface area contributed by atoms with Crippen molar-refractivity contribution in [2.75, 3.05) is 11.1 Å². The van der Waals surface area contributed by atoms with Crippen LogP contribution in [0.1, 0.15) is 16.8 Å². The van der Waals surface area contributed by atoms with E-state index in [9.17, 15) is 13.6 Å². The Morgan fingerprint density at radius 1 is 1.30 bits per heavy atom. The number of ether oxygens (including phenoxy) is 1. The fraction of sp³-hybridized carbons (Fsp3) is 0.211. The summed E-state index contributed by atoms with van der Waals surface area (Å²) in [5, 5.41) is 3.39. The first kappa shape index (κ1) is 19.0. The quantitative estimate of drug-likeness (QED) is 0.701. The zero-order valence-corrected chi connectivity index (χ0v) is 15.0. The summed E-state index contributed by atoms with van der Waals surface area (Å²) in [4.78, 5) is 21.0. The van der Waals surface area contributed by atoms with Crippen LogP contribution in [0.2, 0.25) is 0 Å². The summed E-state index contributed by atoms with van der Waals surface area (Å²) < 4.78 is 28.7. The Balaban J connectivity index is 1.64. The zero-order chi connectivity index (χ0) is 19.1. The fourth-order valence-corrected chi connectivity index (χ4v) is 3.48. The van der Waals surface area contributed by atoms with Gasteiger partial charge >= 0.3 is 6.61 Å². The highest BCUT2D eigenvalue weighted by Crippen LogP contribution is 2.26. The number of rotatable bonds is 7. The van der Waals surface area contributed by atoms with E-state index < -0.39 is 6.61 Å². The van der Waals surface area contributed by atoms with Gasteiger partial charge < -0.3 is 10.1 Å². The Morgan fingerprint density at radius 3 is 2.81 bits per heavy atom. The first-order valence-electron chi connectivity index (χ1n) is 8.24. The maximum Gasteiger partial charge on any atom is 0.387 e. The first-order chi connectivity index (χ1) is 13.1. The summed E-state index contributed by atoms with van der Waals surface area (Å²) in [6, 6.07) is 9.16. The second-order valence-corrected chi connectivity index (χ2v) is 6.70. The van der Waals surface area contributed by atoms with Crippen LogP contribution < -0.4 is 10.1 Å². The van der Waals surface area contributed by atoms with Gasteiger partial charge in [0.15, 0.2) is 0 Å². The summed E-state index contributed by atoms with van der Waals surface area (Å²) in [5.74, 6) is 0.866. The van der Waals surface area contributed by atoms with Crippen LogP contribution in [0.15, 0.2) is 64.9 Å². The van der Waals surface area contributed by atoms with Gasteiger partial charge in [0, 0.05) is 30.1 Å². The Bertz CT molecular complexity index is 841. The van der Waals surface area contributed by atoms with E-state index in [1.165, 1.54) is 36.0 Å². The van der Waals surface area contributed by atoms with Crippen molar-refractivity contribution in [3.63, 3.8) is 0 Å². The van der Waals surface area contributed by atoms with Gasteiger partial charge in [-0.05, 0) is 48.7 Å². The molecule has 1 atom stereocenters. The van der Waals surface area contributed by atoms with Crippen LogP contribution in [0.25, 0.3) is 0 Å². The molecule has 1 N–H and O–H groups in total. The molecule has 0 radical (unpaired) electrons. The number of hydrogen-bond donors (Lipinski definition) is 1. The standard InChI is InChI=1S/C19H17F2N3O2S/c20-19(21)26-15-5-3-14(4-6-15)24-17(25)16-2-1-9-23-18(16)27-12-13-7-10-22-11-8-13/h1-7,9-11,13,19H,8,12H2,(H,24,25). The molecule has 27 heavy (non-hydrogen) atoms. The molecule has 0 saturated carbocycles. The Morgan fingerprint density at radius 2 is 2.11 bits per heavy atom. The van der Waals surface area contributed by atoms with Crippen molar-refractivity contribution in [3.8, 4) is 5.75 Å². The highest BCUT2D eigenvalue weighted by molar-refractivity contribution is 7.99. The highest BCUT2D eigenvalue weighted by Gasteiger charge is 2.15. The largest absolute Gasteiger partial charge is 0.435 e. The molecule has 1 aliphatic heterocycles. The number of benzene rings is 1. The van der Waals surface area contributed by atoms with Crippen LogP contribution in [-0.4, -0.2) is 29.5 Å². The van der Waals surface area contributed by atoms with E-state index in [1.54, 1.807) is 24.5 Å². The van der Waals surface area contributed by atoms with Crippen LogP contribution >= 0.6 is 11.8 Å². The number of hydrogen-bond acceptors (Lipinski definition) is 5. The van der Waals surface area contributed by atoms with Crippen LogP contribution in [0.4, 0.5) is 14.5 Å². The second kappa shape index (κ2) is 9.27. The Labute approximate surface area is 159 Å². The molecule has 3 rings (SSSR count). The van der Waals surface area contributed by atoms with Crippen LogP contribution in [0.5, 0.6) is 5.75 Å². The van der Waals surface area contributed by atoms with E-state index in [0.29, 0.717) is 22.2 Å². The third kappa shape index (κ3) is 5.62. The average molecular weight is 389 g/mol. The zero-order valence-electron chi connectivity index (χ0n) is 14.2. The van der Waals surface area contributed by atoms with Gasteiger partial charge in [0.25, 0.3) is 5.91 Å². The molecule has 0 fully saturated rings. The number of aromatic nitrogens is 1. The average Bonchev–Trinajstić information content (AvgIpc) is 2.68. The number of aliphatic imine (C=N–C) groups is 1. The van der Waals surface area contributed by atoms with E-state index >= 15 is 0 Å². The highest BCUT2D eigenvalue weighted by atomic mass is 32.2. The summed E-state index contributed by atoms with van der Waals surface area (Å²) in [5.41, 5.74) is 0.941. The number of carbonyl (C=O) groups excluding carboxylic acids is 1. The molecular weight excluding hydrogens is 372 g/mol. The van der Waals surface area contributed by atoms with Crippen molar-refractivity contribution < 1.29 is 18.3 Å². The molecule has 0 spiro atoms.